The molecule has 4 aromatic carbocycles. The van der Waals surface area contributed by atoms with Crippen LogP contribution in [0.25, 0.3) is 0 Å². The van der Waals surface area contributed by atoms with Crippen LogP contribution in [0, 0.1) is 0 Å². The van der Waals surface area contributed by atoms with E-state index in [1.54, 1.807) is 66.7 Å². The van der Waals surface area contributed by atoms with E-state index >= 15 is 0 Å². The molecule has 0 aliphatic rings. The zero-order valence-electron chi connectivity index (χ0n) is 23.7. The van der Waals surface area contributed by atoms with Crippen LogP contribution in [-0.4, -0.2) is 44.3 Å². The lowest BCUT2D eigenvalue weighted by Crippen LogP contribution is -2.53. The first-order valence-corrected chi connectivity index (χ1v) is 16.1. The maximum absolute atomic E-state index is 14.3. The first-order chi connectivity index (χ1) is 20.7. The normalized spacial score (nSPS) is 11.9. The minimum Gasteiger partial charge on any atom is -0.354 e. The van der Waals surface area contributed by atoms with Gasteiger partial charge in [0.25, 0.3) is 10.0 Å². The van der Waals surface area contributed by atoms with E-state index in [0.29, 0.717) is 23.0 Å². The molecule has 0 aliphatic carbocycles. The number of carbonyl (C=O) groups excluding carboxylic acids is 2. The van der Waals surface area contributed by atoms with Crippen LogP contribution in [0.5, 0.6) is 0 Å². The predicted molar refractivity (Wildman–Crippen MR) is 172 cm³/mol. The summed E-state index contributed by atoms with van der Waals surface area (Å²) in [6, 6.07) is 29.6. The van der Waals surface area contributed by atoms with Crippen LogP contribution in [0.1, 0.15) is 24.5 Å². The maximum Gasteiger partial charge on any atom is 0.264 e. The van der Waals surface area contributed by atoms with E-state index < -0.39 is 28.5 Å². The summed E-state index contributed by atoms with van der Waals surface area (Å²) in [5, 5.41) is 3.89. The Labute approximate surface area is 263 Å². The van der Waals surface area contributed by atoms with E-state index in [9.17, 15) is 18.0 Å². The summed E-state index contributed by atoms with van der Waals surface area (Å²) in [5.41, 5.74) is 1.87. The van der Waals surface area contributed by atoms with Crippen LogP contribution in [0.2, 0.25) is 10.0 Å². The Morgan fingerprint density at radius 3 is 1.91 bits per heavy atom. The van der Waals surface area contributed by atoms with Gasteiger partial charge in [0.1, 0.15) is 12.6 Å². The second-order valence-electron chi connectivity index (χ2n) is 9.95. The highest BCUT2D eigenvalue weighted by Crippen LogP contribution is 2.26. The van der Waals surface area contributed by atoms with Crippen molar-refractivity contribution in [2.45, 2.75) is 37.2 Å². The van der Waals surface area contributed by atoms with Crippen molar-refractivity contribution < 1.29 is 18.0 Å². The van der Waals surface area contributed by atoms with Crippen LogP contribution in [0.3, 0.4) is 0 Å². The van der Waals surface area contributed by atoms with Gasteiger partial charge in [-0.3, -0.25) is 13.9 Å². The molecular formula is C33H33Cl2N3O4S. The molecule has 0 radical (unpaired) electrons. The fourth-order valence-corrected chi connectivity index (χ4v) is 6.25. The molecule has 0 bridgehead atoms. The number of sulfonamides is 1. The molecule has 0 saturated heterocycles. The third-order valence-electron chi connectivity index (χ3n) is 6.81. The molecule has 0 unspecified atom stereocenters. The molecular weight excluding hydrogens is 605 g/mol. The van der Waals surface area contributed by atoms with E-state index in [-0.39, 0.29) is 29.5 Å². The number of rotatable bonds is 13. The second-order valence-corrected chi connectivity index (χ2v) is 12.7. The van der Waals surface area contributed by atoms with Crippen LogP contribution >= 0.6 is 23.2 Å². The van der Waals surface area contributed by atoms with Gasteiger partial charge in [-0.05, 0) is 66.1 Å². The quantitative estimate of drug-likeness (QED) is 0.185. The highest BCUT2D eigenvalue weighted by atomic mass is 35.5. The number of amides is 2. The molecule has 224 valence electrons. The molecule has 43 heavy (non-hydrogen) atoms. The van der Waals surface area contributed by atoms with E-state index in [1.807, 2.05) is 37.3 Å². The molecule has 2 amide bonds. The van der Waals surface area contributed by atoms with Gasteiger partial charge in [-0.15, -0.1) is 0 Å². The number of hydrogen-bond donors (Lipinski definition) is 1. The van der Waals surface area contributed by atoms with Gasteiger partial charge in [0.05, 0.1) is 10.6 Å². The Kier molecular flexibility index (Phi) is 11.2. The van der Waals surface area contributed by atoms with Crippen LogP contribution < -0.4 is 9.62 Å². The average molecular weight is 639 g/mol. The van der Waals surface area contributed by atoms with Crippen molar-refractivity contribution in [2.75, 3.05) is 17.4 Å². The SMILES string of the molecule is CCCNC(=O)[C@H](Cc1ccccc1)N(Cc1ccc(Cl)cc1)C(=O)CN(c1ccc(Cl)cc1)S(=O)(=O)c1ccccc1. The molecule has 1 N–H and O–H groups in total. The average Bonchev–Trinajstić information content (AvgIpc) is 3.02. The minimum absolute atomic E-state index is 0.0310. The largest absolute Gasteiger partial charge is 0.354 e. The minimum atomic E-state index is -4.17. The molecule has 10 heteroatoms. The summed E-state index contributed by atoms with van der Waals surface area (Å²) < 4.78 is 28.9. The molecule has 7 nitrogen and oxygen atoms in total. The third kappa shape index (κ3) is 8.60. The number of hydrogen-bond acceptors (Lipinski definition) is 4. The molecule has 4 rings (SSSR count). The van der Waals surface area contributed by atoms with Crippen LogP contribution in [-0.2, 0) is 32.6 Å². The summed E-state index contributed by atoms with van der Waals surface area (Å²) in [6.07, 6.45) is 0.955. The van der Waals surface area contributed by atoms with Gasteiger partial charge in [0.2, 0.25) is 11.8 Å². The number of halogens is 2. The molecule has 0 saturated carbocycles. The highest BCUT2D eigenvalue weighted by molar-refractivity contribution is 7.92. The maximum atomic E-state index is 14.3. The van der Waals surface area contributed by atoms with Gasteiger partial charge in [-0.1, -0.05) is 90.8 Å². The summed E-state index contributed by atoms with van der Waals surface area (Å²) in [7, 11) is -4.17. The molecule has 0 fully saturated rings. The number of benzene rings is 4. The molecule has 0 spiro atoms. The molecule has 0 heterocycles. The third-order valence-corrected chi connectivity index (χ3v) is 9.10. The van der Waals surface area contributed by atoms with Crippen molar-refractivity contribution >= 4 is 50.7 Å². The zero-order valence-corrected chi connectivity index (χ0v) is 26.0. The first kappa shape index (κ1) is 32.1. The number of anilines is 1. The number of nitrogens with one attached hydrogen (secondary N) is 1. The standard InChI is InChI=1S/C33H33Cl2N3O4S/c1-2-21-36-33(40)31(22-25-9-5-3-6-10-25)37(23-26-13-15-27(34)16-14-26)32(39)24-38(29-19-17-28(35)18-20-29)43(41,42)30-11-7-4-8-12-30/h3-20,31H,2,21-24H2,1H3,(H,36,40)/t31-/m0/s1. The Hall–Kier alpha value is -3.85. The van der Waals surface area contributed by atoms with Crippen molar-refractivity contribution in [1.82, 2.24) is 10.2 Å². The van der Waals surface area contributed by atoms with E-state index in [1.165, 1.54) is 17.0 Å². The van der Waals surface area contributed by atoms with Crippen LogP contribution in [0.4, 0.5) is 5.69 Å². The zero-order chi connectivity index (χ0) is 30.8. The summed E-state index contributed by atoms with van der Waals surface area (Å²) in [4.78, 5) is 29.5. The van der Waals surface area contributed by atoms with Crippen molar-refractivity contribution in [1.29, 1.82) is 0 Å². The summed E-state index contributed by atoms with van der Waals surface area (Å²) in [5.74, 6) is -0.867. The highest BCUT2D eigenvalue weighted by Gasteiger charge is 2.34. The topological polar surface area (TPSA) is 86.8 Å². The van der Waals surface area contributed by atoms with Crippen molar-refractivity contribution in [3.63, 3.8) is 0 Å². The van der Waals surface area contributed by atoms with Crippen molar-refractivity contribution in [3.05, 3.63) is 130 Å². The molecule has 0 aliphatic heterocycles. The predicted octanol–water partition coefficient (Wildman–Crippen LogP) is 6.36. The van der Waals surface area contributed by atoms with Gasteiger partial charge >= 0.3 is 0 Å². The fraction of sp³-hybridized carbons (Fsp3) is 0.212. The Morgan fingerprint density at radius 1 is 0.767 bits per heavy atom. The Balaban J connectivity index is 1.78. The van der Waals surface area contributed by atoms with E-state index in [0.717, 1.165) is 15.4 Å². The van der Waals surface area contributed by atoms with E-state index in [4.69, 9.17) is 23.2 Å². The Morgan fingerprint density at radius 2 is 1.33 bits per heavy atom. The van der Waals surface area contributed by atoms with Crippen molar-refractivity contribution in [2.24, 2.45) is 0 Å². The smallest absolute Gasteiger partial charge is 0.264 e. The lowest BCUT2D eigenvalue weighted by atomic mass is 10.0. The first-order valence-electron chi connectivity index (χ1n) is 13.9. The van der Waals surface area contributed by atoms with Gasteiger partial charge in [0, 0.05) is 29.6 Å². The van der Waals surface area contributed by atoms with Gasteiger partial charge in [-0.25, -0.2) is 8.42 Å². The summed E-state index contributed by atoms with van der Waals surface area (Å²) in [6.45, 7) is 1.90. The van der Waals surface area contributed by atoms with E-state index in [2.05, 4.69) is 5.32 Å². The van der Waals surface area contributed by atoms with Crippen LogP contribution in [0.15, 0.2) is 114 Å². The second kappa shape index (κ2) is 15.0. The monoisotopic (exact) mass is 637 g/mol. The fourth-order valence-electron chi connectivity index (χ4n) is 4.56. The Bertz CT molecular complexity index is 1600. The molecule has 4 aromatic rings. The van der Waals surface area contributed by atoms with Gasteiger partial charge in [-0.2, -0.15) is 0 Å². The van der Waals surface area contributed by atoms with Gasteiger partial charge in [0.15, 0.2) is 0 Å². The van der Waals surface area contributed by atoms with Gasteiger partial charge < -0.3 is 10.2 Å². The summed E-state index contributed by atoms with van der Waals surface area (Å²) >= 11 is 12.2. The van der Waals surface area contributed by atoms with Crippen molar-refractivity contribution in [3.8, 4) is 0 Å². The number of carbonyl (C=O) groups is 2. The lowest BCUT2D eigenvalue weighted by molar-refractivity contribution is -0.140. The number of nitrogens with zero attached hydrogens (tertiary/aromatic N) is 2. The molecule has 0 aromatic heterocycles. The molecule has 1 atom stereocenters. The lowest BCUT2D eigenvalue weighted by Gasteiger charge is -2.34.